The Hall–Kier alpha value is -1.39. The van der Waals surface area contributed by atoms with E-state index in [4.69, 9.17) is 10.8 Å². The normalized spacial score (nSPS) is 12.3. The highest BCUT2D eigenvalue weighted by molar-refractivity contribution is 5.95. The number of carbonyl (C=O) groups is 1. The van der Waals surface area contributed by atoms with Crippen molar-refractivity contribution < 1.29 is 9.90 Å². The van der Waals surface area contributed by atoms with Crippen LogP contribution in [0.3, 0.4) is 0 Å². The maximum Gasteiger partial charge on any atom is 0.243 e. The molecule has 0 saturated heterocycles. The van der Waals surface area contributed by atoms with Crippen molar-refractivity contribution in [1.29, 1.82) is 0 Å². The number of nitrogens with one attached hydrogen (secondary N) is 1. The zero-order valence-corrected chi connectivity index (χ0v) is 8.95. The predicted molar refractivity (Wildman–Crippen MR) is 59.6 cm³/mol. The van der Waals surface area contributed by atoms with Crippen LogP contribution in [-0.4, -0.2) is 23.7 Å². The van der Waals surface area contributed by atoms with Crippen molar-refractivity contribution >= 4 is 11.6 Å². The Kier molecular flexibility index (Phi) is 3.82. The molecular weight excluding hydrogens is 192 g/mol. The van der Waals surface area contributed by atoms with Crippen molar-refractivity contribution in [3.63, 3.8) is 0 Å². The van der Waals surface area contributed by atoms with Gasteiger partial charge in [0.25, 0.3) is 0 Å². The maximum absolute atomic E-state index is 11.4. The Bertz CT molecular complexity index is 364. The van der Waals surface area contributed by atoms with Gasteiger partial charge >= 0.3 is 0 Å². The van der Waals surface area contributed by atoms with Crippen molar-refractivity contribution in [2.45, 2.75) is 19.9 Å². The molecule has 0 heterocycles. The standard InChI is InChI=1S/C11H16N2O2/c1-7-3-4-10(8(2)5-7)13-11(15)9(12)6-14/h3-5,9,14H,6,12H2,1-2H3,(H,13,15). The van der Waals surface area contributed by atoms with Gasteiger partial charge in [0.1, 0.15) is 6.04 Å². The zero-order valence-electron chi connectivity index (χ0n) is 8.95. The number of aryl methyl sites for hydroxylation is 2. The number of amides is 1. The van der Waals surface area contributed by atoms with Gasteiger partial charge in [-0.2, -0.15) is 0 Å². The summed E-state index contributed by atoms with van der Waals surface area (Å²) in [4.78, 5) is 11.4. The van der Waals surface area contributed by atoms with E-state index in [1.165, 1.54) is 0 Å². The van der Waals surface area contributed by atoms with E-state index in [2.05, 4.69) is 5.32 Å². The molecule has 4 nitrogen and oxygen atoms in total. The van der Waals surface area contributed by atoms with Crippen molar-refractivity contribution in [2.75, 3.05) is 11.9 Å². The number of carbonyl (C=O) groups excluding carboxylic acids is 1. The summed E-state index contributed by atoms with van der Waals surface area (Å²) in [5.41, 5.74) is 8.23. The summed E-state index contributed by atoms with van der Waals surface area (Å²) in [6.45, 7) is 3.54. The van der Waals surface area contributed by atoms with Crippen LogP contribution in [0.15, 0.2) is 18.2 Å². The average Bonchev–Trinajstić information content (AvgIpc) is 2.20. The smallest absolute Gasteiger partial charge is 0.243 e. The van der Waals surface area contributed by atoms with Crippen molar-refractivity contribution in [3.05, 3.63) is 29.3 Å². The zero-order chi connectivity index (χ0) is 11.4. The van der Waals surface area contributed by atoms with Crippen LogP contribution in [0, 0.1) is 13.8 Å². The molecule has 0 radical (unpaired) electrons. The fraction of sp³-hybridized carbons (Fsp3) is 0.364. The molecule has 0 spiro atoms. The molecule has 0 fully saturated rings. The monoisotopic (exact) mass is 208 g/mol. The fourth-order valence-corrected chi connectivity index (χ4v) is 1.26. The molecule has 1 aromatic carbocycles. The quantitative estimate of drug-likeness (QED) is 0.679. The van der Waals surface area contributed by atoms with Crippen LogP contribution in [0.2, 0.25) is 0 Å². The number of benzene rings is 1. The van der Waals surface area contributed by atoms with Crippen LogP contribution in [0.5, 0.6) is 0 Å². The van der Waals surface area contributed by atoms with Crippen molar-refractivity contribution in [3.8, 4) is 0 Å². The van der Waals surface area contributed by atoms with Gasteiger partial charge in [-0.1, -0.05) is 17.7 Å². The van der Waals surface area contributed by atoms with Gasteiger partial charge in [-0.15, -0.1) is 0 Å². The Morgan fingerprint density at radius 2 is 2.20 bits per heavy atom. The number of anilines is 1. The fourth-order valence-electron chi connectivity index (χ4n) is 1.26. The third-order valence-corrected chi connectivity index (χ3v) is 2.17. The summed E-state index contributed by atoms with van der Waals surface area (Å²) in [5.74, 6) is -0.371. The van der Waals surface area contributed by atoms with E-state index in [-0.39, 0.29) is 12.5 Å². The number of rotatable bonds is 3. The summed E-state index contributed by atoms with van der Waals surface area (Å²) in [6.07, 6.45) is 0. The molecular formula is C11H16N2O2. The number of hydrogen-bond donors (Lipinski definition) is 3. The summed E-state index contributed by atoms with van der Waals surface area (Å²) in [7, 11) is 0. The van der Waals surface area contributed by atoms with Gasteiger partial charge in [0.05, 0.1) is 6.61 Å². The minimum atomic E-state index is -0.870. The molecule has 4 N–H and O–H groups in total. The first kappa shape index (κ1) is 11.7. The Balaban J connectivity index is 2.77. The lowest BCUT2D eigenvalue weighted by molar-refractivity contribution is -0.118. The maximum atomic E-state index is 11.4. The molecule has 0 saturated carbocycles. The first-order chi connectivity index (χ1) is 7.04. The van der Waals surface area contributed by atoms with E-state index in [1.54, 1.807) is 0 Å². The number of aliphatic hydroxyl groups is 1. The second kappa shape index (κ2) is 4.91. The van der Waals surface area contributed by atoms with Crippen LogP contribution >= 0.6 is 0 Å². The Morgan fingerprint density at radius 3 is 2.73 bits per heavy atom. The second-order valence-corrected chi connectivity index (χ2v) is 3.60. The highest BCUT2D eigenvalue weighted by Gasteiger charge is 2.12. The number of hydrogen-bond acceptors (Lipinski definition) is 3. The van der Waals surface area contributed by atoms with Gasteiger partial charge in [0.15, 0.2) is 0 Å². The van der Waals surface area contributed by atoms with Crippen LogP contribution in [-0.2, 0) is 4.79 Å². The van der Waals surface area contributed by atoms with Gasteiger partial charge in [-0.05, 0) is 25.5 Å². The lowest BCUT2D eigenvalue weighted by atomic mass is 10.1. The van der Waals surface area contributed by atoms with Crippen molar-refractivity contribution in [1.82, 2.24) is 0 Å². The second-order valence-electron chi connectivity index (χ2n) is 3.60. The average molecular weight is 208 g/mol. The molecule has 0 aliphatic heterocycles. The lowest BCUT2D eigenvalue weighted by Gasteiger charge is -2.12. The van der Waals surface area contributed by atoms with Crippen LogP contribution < -0.4 is 11.1 Å². The molecule has 15 heavy (non-hydrogen) atoms. The van der Waals surface area contributed by atoms with Gasteiger partial charge in [0, 0.05) is 5.69 Å². The summed E-state index contributed by atoms with van der Waals surface area (Å²) >= 11 is 0. The molecule has 82 valence electrons. The highest BCUT2D eigenvalue weighted by atomic mass is 16.3. The lowest BCUT2D eigenvalue weighted by Crippen LogP contribution is -2.38. The first-order valence-corrected chi connectivity index (χ1v) is 4.79. The number of nitrogens with two attached hydrogens (primary N) is 1. The van der Waals surface area contributed by atoms with E-state index in [0.717, 1.165) is 16.8 Å². The topological polar surface area (TPSA) is 75.4 Å². The molecule has 0 bridgehead atoms. The third-order valence-electron chi connectivity index (χ3n) is 2.17. The van der Waals surface area contributed by atoms with E-state index in [9.17, 15) is 4.79 Å². The third kappa shape index (κ3) is 3.04. The molecule has 1 unspecified atom stereocenters. The van der Waals surface area contributed by atoms with E-state index in [1.807, 2.05) is 32.0 Å². The molecule has 0 aliphatic rings. The van der Waals surface area contributed by atoms with Crippen LogP contribution in [0.4, 0.5) is 5.69 Å². The highest BCUT2D eigenvalue weighted by Crippen LogP contribution is 2.15. The minimum Gasteiger partial charge on any atom is -0.394 e. The first-order valence-electron chi connectivity index (χ1n) is 4.79. The van der Waals surface area contributed by atoms with E-state index < -0.39 is 6.04 Å². The predicted octanol–water partition coefficient (Wildman–Crippen LogP) is 0.562. The number of aliphatic hydroxyl groups excluding tert-OH is 1. The largest absolute Gasteiger partial charge is 0.394 e. The van der Waals surface area contributed by atoms with Crippen LogP contribution in [0.1, 0.15) is 11.1 Å². The van der Waals surface area contributed by atoms with Gasteiger partial charge in [-0.25, -0.2) is 0 Å². The summed E-state index contributed by atoms with van der Waals surface area (Å²) < 4.78 is 0. The SMILES string of the molecule is Cc1ccc(NC(=O)C(N)CO)c(C)c1. The van der Waals surface area contributed by atoms with E-state index in [0.29, 0.717) is 0 Å². The Morgan fingerprint density at radius 1 is 1.53 bits per heavy atom. The molecule has 1 rings (SSSR count). The molecule has 1 atom stereocenters. The van der Waals surface area contributed by atoms with Crippen molar-refractivity contribution in [2.24, 2.45) is 5.73 Å². The van der Waals surface area contributed by atoms with Gasteiger partial charge in [0.2, 0.25) is 5.91 Å². The molecule has 1 aromatic rings. The van der Waals surface area contributed by atoms with Gasteiger partial charge in [-0.3, -0.25) is 4.79 Å². The van der Waals surface area contributed by atoms with E-state index >= 15 is 0 Å². The molecule has 0 aromatic heterocycles. The molecule has 1 amide bonds. The minimum absolute atomic E-state index is 0.350. The summed E-state index contributed by atoms with van der Waals surface area (Å²) in [5, 5.41) is 11.4. The van der Waals surface area contributed by atoms with Gasteiger partial charge < -0.3 is 16.2 Å². The summed E-state index contributed by atoms with van der Waals surface area (Å²) in [6, 6.07) is 4.84. The molecule has 0 aliphatic carbocycles. The molecule has 4 heteroatoms. The van der Waals surface area contributed by atoms with Crippen LogP contribution in [0.25, 0.3) is 0 Å². The Labute approximate surface area is 89.1 Å².